The van der Waals surface area contributed by atoms with Crippen molar-refractivity contribution in [2.24, 2.45) is 5.92 Å². The van der Waals surface area contributed by atoms with Crippen molar-refractivity contribution < 1.29 is 22.8 Å². The third kappa shape index (κ3) is 6.63. The van der Waals surface area contributed by atoms with Crippen molar-refractivity contribution in [3.05, 3.63) is 120 Å². The summed E-state index contributed by atoms with van der Waals surface area (Å²) < 4.78 is 28.6. The topological polar surface area (TPSA) is 113 Å². The van der Waals surface area contributed by atoms with Crippen LogP contribution in [-0.4, -0.2) is 44.1 Å². The van der Waals surface area contributed by atoms with Gasteiger partial charge in [-0.2, -0.15) is 0 Å². The summed E-state index contributed by atoms with van der Waals surface area (Å²) in [4.78, 5) is 41.4. The lowest BCUT2D eigenvalue weighted by atomic mass is 9.97. The predicted octanol–water partition coefficient (Wildman–Crippen LogP) is 5.78. The van der Waals surface area contributed by atoms with Gasteiger partial charge in [0.05, 0.1) is 4.90 Å². The Balaban J connectivity index is 1.34. The highest BCUT2D eigenvalue weighted by molar-refractivity contribution is 7.90. The molecule has 44 heavy (non-hydrogen) atoms. The van der Waals surface area contributed by atoms with Crippen molar-refractivity contribution in [1.29, 1.82) is 0 Å². The Hall–Kier alpha value is -5.02. The lowest BCUT2D eigenvalue weighted by Crippen LogP contribution is -2.46. The molecule has 1 atom stereocenters. The lowest BCUT2D eigenvalue weighted by Gasteiger charge is -2.25. The van der Waals surface area contributed by atoms with Gasteiger partial charge in [-0.15, -0.1) is 0 Å². The van der Waals surface area contributed by atoms with Crippen LogP contribution in [0.2, 0.25) is 0 Å². The molecule has 3 amide bonds. The minimum Gasteiger partial charge on any atom is -0.343 e. The van der Waals surface area contributed by atoms with Crippen LogP contribution in [0.15, 0.2) is 114 Å². The number of carbonyl (C=O) groups is 3. The first-order valence-corrected chi connectivity index (χ1v) is 15.9. The van der Waals surface area contributed by atoms with Crippen LogP contribution >= 0.6 is 0 Å². The molecule has 224 valence electrons. The van der Waals surface area contributed by atoms with Gasteiger partial charge in [-0.25, -0.2) is 13.1 Å². The Labute approximate surface area is 256 Å². The van der Waals surface area contributed by atoms with Gasteiger partial charge >= 0.3 is 0 Å². The van der Waals surface area contributed by atoms with E-state index in [4.69, 9.17) is 0 Å². The number of sulfonamides is 1. The molecule has 1 unspecified atom stereocenters. The van der Waals surface area contributed by atoms with Crippen LogP contribution in [0.4, 0.5) is 5.69 Å². The third-order valence-electron chi connectivity index (χ3n) is 7.64. The van der Waals surface area contributed by atoms with Crippen LogP contribution in [0.3, 0.4) is 0 Å². The summed E-state index contributed by atoms with van der Waals surface area (Å²) in [5.41, 5.74) is 1.72. The number of carbonyl (C=O) groups excluding carboxylic acids is 3. The smallest absolute Gasteiger partial charge is 0.264 e. The van der Waals surface area contributed by atoms with E-state index in [1.165, 1.54) is 17.0 Å². The standard InChI is InChI=1S/C35H33N3O5S/c1-3-38(4-2)35(41)32(34(40)37-44(42,43)29-21-18-25-10-5-6-12-27(25)23-29)22-24-16-19-28(20-17-24)36-33(39)31-15-9-13-26-11-7-8-14-30(26)31/h5-21,23,32H,3-4,22H2,1-2H3,(H,36,39)(H,37,40). The molecule has 0 radical (unpaired) electrons. The van der Waals surface area contributed by atoms with Crippen molar-refractivity contribution in [2.45, 2.75) is 25.2 Å². The first-order chi connectivity index (χ1) is 21.2. The van der Waals surface area contributed by atoms with Crippen molar-refractivity contribution >= 4 is 55.0 Å². The monoisotopic (exact) mass is 607 g/mol. The van der Waals surface area contributed by atoms with Crippen molar-refractivity contribution in [2.75, 3.05) is 18.4 Å². The van der Waals surface area contributed by atoms with E-state index in [2.05, 4.69) is 10.0 Å². The molecule has 0 fully saturated rings. The van der Waals surface area contributed by atoms with E-state index >= 15 is 0 Å². The van der Waals surface area contributed by atoms with Crippen LogP contribution in [0.5, 0.6) is 0 Å². The zero-order chi connectivity index (χ0) is 31.3. The predicted molar refractivity (Wildman–Crippen MR) is 173 cm³/mol. The van der Waals surface area contributed by atoms with E-state index in [9.17, 15) is 22.8 Å². The van der Waals surface area contributed by atoms with Gasteiger partial charge < -0.3 is 10.2 Å². The number of hydrogen-bond acceptors (Lipinski definition) is 5. The highest BCUT2D eigenvalue weighted by Gasteiger charge is 2.33. The Kier molecular flexibility index (Phi) is 9.06. The number of anilines is 1. The zero-order valence-corrected chi connectivity index (χ0v) is 25.3. The molecule has 8 nitrogen and oxygen atoms in total. The van der Waals surface area contributed by atoms with Gasteiger partial charge in [0.1, 0.15) is 5.92 Å². The molecule has 0 aliphatic carbocycles. The lowest BCUT2D eigenvalue weighted by molar-refractivity contribution is -0.141. The van der Waals surface area contributed by atoms with Crippen molar-refractivity contribution in [1.82, 2.24) is 9.62 Å². The van der Waals surface area contributed by atoms with Gasteiger partial charge in [0.25, 0.3) is 15.9 Å². The van der Waals surface area contributed by atoms with E-state index < -0.39 is 27.8 Å². The number of nitrogens with one attached hydrogen (secondary N) is 2. The summed E-state index contributed by atoms with van der Waals surface area (Å²) in [6, 6.07) is 31.9. The quantitative estimate of drug-likeness (QED) is 0.196. The number of nitrogens with zero attached hydrogens (tertiary/aromatic N) is 1. The fourth-order valence-corrected chi connectivity index (χ4v) is 6.28. The molecular weight excluding hydrogens is 574 g/mol. The molecule has 9 heteroatoms. The van der Waals surface area contributed by atoms with E-state index in [0.29, 0.717) is 35.3 Å². The molecular formula is C35H33N3O5S. The van der Waals surface area contributed by atoms with Gasteiger partial charge in [0.2, 0.25) is 11.8 Å². The van der Waals surface area contributed by atoms with Gasteiger partial charge in [-0.05, 0) is 77.7 Å². The van der Waals surface area contributed by atoms with Gasteiger partial charge in [0, 0.05) is 24.3 Å². The first-order valence-electron chi connectivity index (χ1n) is 14.4. The summed E-state index contributed by atoms with van der Waals surface area (Å²) in [6.45, 7) is 4.34. The van der Waals surface area contributed by atoms with Gasteiger partial charge in [0.15, 0.2) is 0 Å². The van der Waals surface area contributed by atoms with E-state index in [1.807, 2.05) is 48.5 Å². The number of fused-ring (bicyclic) bond motifs is 2. The van der Waals surface area contributed by atoms with Crippen LogP contribution in [0, 0.1) is 5.92 Å². The summed E-state index contributed by atoms with van der Waals surface area (Å²) in [6.07, 6.45) is -0.0219. The van der Waals surface area contributed by atoms with Crippen LogP contribution in [0.25, 0.3) is 21.5 Å². The number of hydrogen-bond donors (Lipinski definition) is 2. The highest BCUT2D eigenvalue weighted by atomic mass is 32.2. The molecule has 0 aliphatic rings. The SMILES string of the molecule is CCN(CC)C(=O)C(Cc1ccc(NC(=O)c2cccc3ccccc23)cc1)C(=O)NS(=O)(=O)c1ccc2ccccc2c1. The maximum atomic E-state index is 13.5. The molecule has 0 aromatic heterocycles. The third-order valence-corrected chi connectivity index (χ3v) is 8.99. The molecule has 0 aliphatic heterocycles. The molecule has 0 heterocycles. The second kappa shape index (κ2) is 13.1. The van der Waals surface area contributed by atoms with Gasteiger partial charge in [-0.1, -0.05) is 78.9 Å². The second-order valence-electron chi connectivity index (χ2n) is 10.4. The average Bonchev–Trinajstić information content (AvgIpc) is 3.04. The highest BCUT2D eigenvalue weighted by Crippen LogP contribution is 2.22. The average molecular weight is 608 g/mol. The van der Waals surface area contributed by atoms with Crippen molar-refractivity contribution in [3.63, 3.8) is 0 Å². The minimum atomic E-state index is -4.24. The molecule has 0 saturated carbocycles. The molecule has 0 bridgehead atoms. The molecule has 2 N–H and O–H groups in total. The Bertz CT molecular complexity index is 1950. The molecule has 5 aromatic carbocycles. The molecule has 0 spiro atoms. The summed E-state index contributed by atoms with van der Waals surface area (Å²) in [5.74, 6) is -2.90. The Morgan fingerprint density at radius 2 is 1.36 bits per heavy atom. The fourth-order valence-electron chi connectivity index (χ4n) is 5.23. The maximum absolute atomic E-state index is 13.5. The largest absolute Gasteiger partial charge is 0.343 e. The number of rotatable bonds is 10. The van der Waals surface area contributed by atoms with Gasteiger partial charge in [-0.3, -0.25) is 14.4 Å². The number of benzene rings is 5. The summed E-state index contributed by atoms with van der Waals surface area (Å²) in [7, 11) is -4.24. The molecule has 5 rings (SSSR count). The van der Waals surface area contributed by atoms with E-state index in [1.54, 1.807) is 62.4 Å². The molecule has 5 aromatic rings. The zero-order valence-electron chi connectivity index (χ0n) is 24.5. The van der Waals surface area contributed by atoms with Crippen LogP contribution in [-0.2, 0) is 26.0 Å². The van der Waals surface area contributed by atoms with Crippen molar-refractivity contribution in [3.8, 4) is 0 Å². The minimum absolute atomic E-state index is 0.0219. The van der Waals surface area contributed by atoms with Crippen LogP contribution in [0.1, 0.15) is 29.8 Å². The Morgan fingerprint density at radius 1 is 0.727 bits per heavy atom. The second-order valence-corrected chi connectivity index (χ2v) is 12.1. The normalized spacial score (nSPS) is 12.0. The summed E-state index contributed by atoms with van der Waals surface area (Å²) in [5, 5.41) is 6.28. The molecule has 0 saturated heterocycles. The number of amides is 3. The summed E-state index contributed by atoms with van der Waals surface area (Å²) >= 11 is 0. The van der Waals surface area contributed by atoms with E-state index in [-0.39, 0.29) is 17.2 Å². The fraction of sp³-hybridized carbons (Fsp3) is 0.171. The van der Waals surface area contributed by atoms with Crippen LogP contribution < -0.4 is 10.0 Å². The van der Waals surface area contributed by atoms with E-state index in [0.717, 1.165) is 16.2 Å². The maximum Gasteiger partial charge on any atom is 0.264 e. The first kappa shape index (κ1) is 30.4. The Morgan fingerprint density at radius 3 is 2.07 bits per heavy atom.